The maximum atomic E-state index is 13.6. The van der Waals surface area contributed by atoms with Crippen LogP contribution in [0.1, 0.15) is 39.2 Å². The van der Waals surface area contributed by atoms with Crippen molar-refractivity contribution >= 4 is 17.8 Å². The predicted octanol–water partition coefficient (Wildman–Crippen LogP) is 3.01. The van der Waals surface area contributed by atoms with E-state index < -0.39 is 12.2 Å². The Bertz CT molecular complexity index is 1060. The highest BCUT2D eigenvalue weighted by Crippen LogP contribution is 2.29. The summed E-state index contributed by atoms with van der Waals surface area (Å²) in [4.78, 5) is 43.7. The Balaban J connectivity index is 1.47. The van der Waals surface area contributed by atoms with Crippen molar-refractivity contribution in [3.05, 3.63) is 59.7 Å². The molecule has 0 spiro atoms. The summed E-state index contributed by atoms with van der Waals surface area (Å²) in [5.41, 5.74) is 2.23. The third-order valence-electron chi connectivity index (χ3n) is 7.28. The molecule has 0 aromatic heterocycles. The SMILES string of the molecule is CC(C)C[C@H]1C(=O)N(CCOCc2ccccc2)C[C@H]2N1C(=O)CN(C)N2C(=O)NCC1=CC=CC(C)C1. The van der Waals surface area contributed by atoms with Gasteiger partial charge in [0.1, 0.15) is 12.2 Å². The topological polar surface area (TPSA) is 85.4 Å². The average molecular weight is 524 g/mol. The number of allylic oxidation sites excluding steroid dienone is 3. The number of carbonyl (C=O) groups is 3. The number of hydrogen-bond donors (Lipinski definition) is 1. The number of carbonyl (C=O) groups excluding carboxylic acids is 3. The van der Waals surface area contributed by atoms with Crippen LogP contribution in [0.2, 0.25) is 0 Å². The number of amides is 4. The fourth-order valence-corrected chi connectivity index (χ4v) is 5.45. The first kappa shape index (κ1) is 27.9. The monoisotopic (exact) mass is 523 g/mol. The Morgan fingerprint density at radius 2 is 1.95 bits per heavy atom. The van der Waals surface area contributed by atoms with Crippen LogP contribution in [0.5, 0.6) is 0 Å². The zero-order valence-electron chi connectivity index (χ0n) is 23.0. The molecule has 2 saturated heterocycles. The predicted molar refractivity (Wildman–Crippen MR) is 145 cm³/mol. The summed E-state index contributed by atoms with van der Waals surface area (Å²) in [5, 5.41) is 6.33. The molecule has 38 heavy (non-hydrogen) atoms. The first-order valence-corrected chi connectivity index (χ1v) is 13.6. The van der Waals surface area contributed by atoms with Crippen LogP contribution in [0.25, 0.3) is 0 Å². The van der Waals surface area contributed by atoms with Gasteiger partial charge in [-0.05, 0) is 30.2 Å². The Morgan fingerprint density at radius 3 is 2.66 bits per heavy atom. The molecule has 206 valence electrons. The van der Waals surface area contributed by atoms with Crippen LogP contribution in [0.15, 0.2) is 54.1 Å². The molecule has 0 radical (unpaired) electrons. The van der Waals surface area contributed by atoms with E-state index in [1.54, 1.807) is 26.9 Å². The molecule has 2 heterocycles. The minimum atomic E-state index is -0.605. The third-order valence-corrected chi connectivity index (χ3v) is 7.28. The summed E-state index contributed by atoms with van der Waals surface area (Å²) < 4.78 is 5.86. The summed E-state index contributed by atoms with van der Waals surface area (Å²) in [6.45, 7) is 8.22. The number of likely N-dealkylation sites (N-methyl/N-ethyl adjacent to an activating group) is 1. The van der Waals surface area contributed by atoms with Gasteiger partial charge in [-0.15, -0.1) is 0 Å². The lowest BCUT2D eigenvalue weighted by atomic mass is 9.96. The molecule has 1 unspecified atom stereocenters. The lowest BCUT2D eigenvalue weighted by molar-refractivity contribution is -0.188. The number of hydrazine groups is 1. The summed E-state index contributed by atoms with van der Waals surface area (Å²) in [7, 11) is 1.75. The third kappa shape index (κ3) is 6.63. The van der Waals surface area contributed by atoms with Gasteiger partial charge in [0.15, 0.2) is 0 Å². The van der Waals surface area contributed by atoms with Crippen molar-refractivity contribution in [2.45, 2.75) is 52.4 Å². The van der Waals surface area contributed by atoms with Crippen molar-refractivity contribution in [3.63, 3.8) is 0 Å². The second-order valence-corrected chi connectivity index (χ2v) is 11.0. The van der Waals surface area contributed by atoms with E-state index in [4.69, 9.17) is 4.74 Å². The number of benzene rings is 1. The van der Waals surface area contributed by atoms with E-state index in [1.807, 2.05) is 56.3 Å². The van der Waals surface area contributed by atoms with E-state index in [1.165, 1.54) is 0 Å². The highest BCUT2D eigenvalue weighted by atomic mass is 16.5. The van der Waals surface area contributed by atoms with Gasteiger partial charge in [0, 0.05) is 20.1 Å². The van der Waals surface area contributed by atoms with Crippen molar-refractivity contribution in [3.8, 4) is 0 Å². The van der Waals surface area contributed by atoms with Gasteiger partial charge in [-0.1, -0.05) is 74.9 Å². The van der Waals surface area contributed by atoms with Gasteiger partial charge in [-0.25, -0.2) is 14.8 Å². The second-order valence-electron chi connectivity index (χ2n) is 11.0. The summed E-state index contributed by atoms with van der Waals surface area (Å²) in [6, 6.07) is 9.03. The number of ether oxygens (including phenoxy) is 1. The summed E-state index contributed by atoms with van der Waals surface area (Å²) in [6.07, 6.45) is 7.10. The van der Waals surface area contributed by atoms with Gasteiger partial charge in [-0.2, -0.15) is 0 Å². The largest absolute Gasteiger partial charge is 0.375 e. The molecular formula is C29H41N5O4. The highest BCUT2D eigenvalue weighted by molar-refractivity contribution is 5.91. The Morgan fingerprint density at radius 1 is 1.18 bits per heavy atom. The number of nitrogens with zero attached hydrogens (tertiary/aromatic N) is 4. The number of piperazine rings is 1. The van der Waals surface area contributed by atoms with E-state index in [0.717, 1.165) is 17.6 Å². The molecule has 1 aromatic carbocycles. The molecule has 1 aliphatic carbocycles. The van der Waals surface area contributed by atoms with Crippen LogP contribution in [-0.2, 0) is 20.9 Å². The molecule has 2 fully saturated rings. The van der Waals surface area contributed by atoms with Crippen LogP contribution in [0.3, 0.4) is 0 Å². The number of rotatable bonds is 9. The lowest BCUT2D eigenvalue weighted by Crippen LogP contribution is -2.76. The van der Waals surface area contributed by atoms with Gasteiger partial charge in [0.2, 0.25) is 11.8 Å². The molecule has 3 atom stereocenters. The Hall–Kier alpha value is -3.17. The zero-order chi connectivity index (χ0) is 27.2. The van der Waals surface area contributed by atoms with Crippen LogP contribution in [-0.4, -0.2) is 89.7 Å². The molecule has 9 nitrogen and oxygen atoms in total. The van der Waals surface area contributed by atoms with Gasteiger partial charge in [0.25, 0.3) is 0 Å². The molecule has 1 N–H and O–H groups in total. The fraction of sp³-hybridized carbons (Fsp3) is 0.552. The molecule has 0 bridgehead atoms. The second kappa shape index (κ2) is 12.6. The van der Waals surface area contributed by atoms with Crippen molar-refractivity contribution < 1.29 is 19.1 Å². The van der Waals surface area contributed by atoms with Crippen molar-refractivity contribution in [2.24, 2.45) is 11.8 Å². The quantitative estimate of drug-likeness (QED) is 0.503. The van der Waals surface area contributed by atoms with Crippen LogP contribution in [0, 0.1) is 11.8 Å². The van der Waals surface area contributed by atoms with Crippen molar-refractivity contribution in [2.75, 3.05) is 39.8 Å². The van der Waals surface area contributed by atoms with E-state index in [2.05, 4.69) is 18.3 Å². The molecule has 3 aliphatic rings. The maximum Gasteiger partial charge on any atom is 0.334 e. The Kier molecular flexibility index (Phi) is 9.22. The van der Waals surface area contributed by atoms with Gasteiger partial charge in [-0.3, -0.25) is 9.59 Å². The standard InChI is InChI=1S/C29H41N5O4/c1-21(2)15-25-28(36)32(13-14-38-20-23-10-6-5-7-11-23)18-26-33(25)27(35)19-31(4)34(26)29(37)30-17-24-12-8-9-22(3)16-24/h5-12,21-22,25-26H,13-20H2,1-4H3,(H,30,37)/t22?,25-,26-/m0/s1. The summed E-state index contributed by atoms with van der Waals surface area (Å²) >= 11 is 0. The fourth-order valence-electron chi connectivity index (χ4n) is 5.45. The van der Waals surface area contributed by atoms with Crippen LogP contribution in [0.4, 0.5) is 4.79 Å². The van der Waals surface area contributed by atoms with Gasteiger partial charge >= 0.3 is 6.03 Å². The number of fused-ring (bicyclic) bond motifs is 1. The molecule has 0 saturated carbocycles. The average Bonchev–Trinajstić information content (AvgIpc) is 2.87. The molecule has 4 amide bonds. The maximum absolute atomic E-state index is 13.6. The molecule has 4 rings (SSSR count). The molecule has 1 aromatic rings. The van der Waals surface area contributed by atoms with Crippen molar-refractivity contribution in [1.29, 1.82) is 0 Å². The summed E-state index contributed by atoms with van der Waals surface area (Å²) in [5.74, 6) is 0.442. The molecular weight excluding hydrogens is 482 g/mol. The minimum Gasteiger partial charge on any atom is -0.375 e. The van der Waals surface area contributed by atoms with Gasteiger partial charge in [0.05, 0.1) is 26.3 Å². The van der Waals surface area contributed by atoms with Crippen LogP contribution >= 0.6 is 0 Å². The normalized spacial score (nSPS) is 24.1. The highest BCUT2D eigenvalue weighted by Gasteiger charge is 2.50. The molecule has 9 heteroatoms. The van der Waals surface area contributed by atoms with Crippen molar-refractivity contribution in [1.82, 2.24) is 25.1 Å². The number of nitrogens with one attached hydrogen (secondary N) is 1. The van der Waals surface area contributed by atoms with E-state index >= 15 is 0 Å². The first-order chi connectivity index (χ1) is 18.2. The van der Waals surface area contributed by atoms with E-state index in [0.29, 0.717) is 38.6 Å². The minimum absolute atomic E-state index is 0.0500. The van der Waals surface area contributed by atoms with E-state index in [-0.39, 0.29) is 36.9 Å². The lowest BCUT2D eigenvalue weighted by Gasteiger charge is -2.54. The zero-order valence-corrected chi connectivity index (χ0v) is 23.0. The smallest absolute Gasteiger partial charge is 0.334 e. The number of urea groups is 1. The Labute approximate surface area is 226 Å². The first-order valence-electron chi connectivity index (χ1n) is 13.6. The number of hydrogen-bond acceptors (Lipinski definition) is 5. The van der Waals surface area contributed by atoms with Gasteiger partial charge < -0.3 is 19.9 Å². The molecule has 2 aliphatic heterocycles. The van der Waals surface area contributed by atoms with E-state index in [9.17, 15) is 14.4 Å². The van der Waals surface area contributed by atoms with Crippen LogP contribution < -0.4 is 5.32 Å².